The molecule has 0 spiro atoms. The Balaban J connectivity index is -0.000000105. The van der Waals surface area contributed by atoms with Crippen molar-refractivity contribution in [1.29, 1.82) is 0 Å². The van der Waals surface area contributed by atoms with Crippen LogP contribution in [0.2, 0.25) is 0 Å². The van der Waals surface area contributed by atoms with Crippen LogP contribution in [0.5, 0.6) is 0 Å². The van der Waals surface area contributed by atoms with Crippen LogP contribution in [0.3, 0.4) is 0 Å². The zero-order valence-electron chi connectivity index (χ0n) is 6.50. The van der Waals surface area contributed by atoms with Crippen molar-refractivity contribution in [3.05, 3.63) is 12.7 Å². The van der Waals surface area contributed by atoms with E-state index in [1.807, 2.05) is 0 Å². The van der Waals surface area contributed by atoms with Crippen LogP contribution in [0.4, 0.5) is 0 Å². The van der Waals surface area contributed by atoms with Crippen LogP contribution in [-0.4, -0.2) is 37.5 Å². The Hall–Kier alpha value is -0.870. The number of aliphatic hydroxyl groups is 2. The van der Waals surface area contributed by atoms with Crippen LogP contribution in [0.25, 0.3) is 0 Å². The first kappa shape index (κ1) is 16.1. The highest BCUT2D eigenvalue weighted by Gasteiger charge is 1.81. The first-order valence-electron chi connectivity index (χ1n) is 2.41. The van der Waals surface area contributed by atoms with Gasteiger partial charge in [0.05, 0.1) is 7.11 Å². The second kappa shape index (κ2) is 24.2. The number of esters is 1. The lowest BCUT2D eigenvalue weighted by Gasteiger charge is -1.83. The van der Waals surface area contributed by atoms with E-state index < -0.39 is 5.97 Å². The molecule has 0 fully saturated rings. The molecule has 0 unspecified atom stereocenters. The summed E-state index contributed by atoms with van der Waals surface area (Å²) >= 11 is 0. The van der Waals surface area contributed by atoms with Gasteiger partial charge in [-0.1, -0.05) is 6.58 Å². The number of hydrogen-bond acceptors (Lipinski definition) is 4. The molecular formula is C6H14O4. The predicted molar refractivity (Wildman–Crippen MR) is 38.5 cm³/mol. The predicted octanol–water partition coefficient (Wildman–Crippen LogP) is -0.438. The molecule has 0 atom stereocenters. The maximum absolute atomic E-state index is 9.84. The maximum Gasteiger partial charge on any atom is 0.329 e. The molecule has 0 amide bonds. The largest absolute Gasteiger partial charge is 0.466 e. The molecule has 0 bridgehead atoms. The summed E-state index contributed by atoms with van der Waals surface area (Å²) in [4.78, 5) is 9.84. The third-order valence-corrected chi connectivity index (χ3v) is 0.368. The van der Waals surface area contributed by atoms with Crippen LogP contribution in [0.15, 0.2) is 12.7 Å². The van der Waals surface area contributed by atoms with E-state index in [9.17, 15) is 4.79 Å². The van der Waals surface area contributed by atoms with Gasteiger partial charge >= 0.3 is 5.97 Å². The lowest BCUT2D eigenvalue weighted by atomic mass is 10.7. The Morgan fingerprint density at radius 1 is 1.40 bits per heavy atom. The van der Waals surface area contributed by atoms with Crippen molar-refractivity contribution in [2.75, 3.05) is 21.3 Å². The van der Waals surface area contributed by atoms with E-state index in [4.69, 9.17) is 10.2 Å². The van der Waals surface area contributed by atoms with Gasteiger partial charge in [-0.15, -0.1) is 0 Å². The van der Waals surface area contributed by atoms with Gasteiger partial charge in [-0.3, -0.25) is 0 Å². The molecule has 10 heavy (non-hydrogen) atoms. The summed E-state index contributed by atoms with van der Waals surface area (Å²) in [6.07, 6.45) is 1.11. The third kappa shape index (κ3) is 27.3. The van der Waals surface area contributed by atoms with Gasteiger partial charge < -0.3 is 14.9 Å². The van der Waals surface area contributed by atoms with E-state index in [0.29, 0.717) is 0 Å². The number of aliphatic hydroxyl groups excluding tert-OH is 2. The highest BCUT2D eigenvalue weighted by Crippen LogP contribution is 1.67. The Morgan fingerprint density at radius 2 is 1.70 bits per heavy atom. The smallest absolute Gasteiger partial charge is 0.329 e. The minimum absolute atomic E-state index is 0.394. The molecule has 0 heterocycles. The number of hydrogen-bond donors (Lipinski definition) is 2. The fourth-order valence-corrected chi connectivity index (χ4v) is 0.0833. The molecule has 0 radical (unpaired) electrons. The second-order valence-corrected chi connectivity index (χ2v) is 0.727. The second-order valence-electron chi connectivity index (χ2n) is 0.727. The summed E-state index contributed by atoms with van der Waals surface area (Å²) in [5.74, 6) is -0.394. The number of ether oxygens (including phenoxy) is 1. The minimum Gasteiger partial charge on any atom is -0.466 e. The van der Waals surface area contributed by atoms with Gasteiger partial charge in [0.25, 0.3) is 0 Å². The molecule has 62 valence electrons. The van der Waals surface area contributed by atoms with Crippen LogP contribution in [-0.2, 0) is 9.53 Å². The summed E-state index contributed by atoms with van der Waals surface area (Å²) in [5.41, 5.74) is 0. The van der Waals surface area contributed by atoms with Gasteiger partial charge in [0.15, 0.2) is 0 Å². The molecule has 0 aliphatic rings. The fraction of sp³-hybridized carbons (Fsp3) is 0.500. The van der Waals surface area contributed by atoms with Gasteiger partial charge in [-0.25, -0.2) is 4.79 Å². The third-order valence-electron chi connectivity index (χ3n) is 0.368. The molecule has 0 saturated carbocycles. The Labute approximate surface area is 60.7 Å². The van der Waals surface area contributed by atoms with E-state index >= 15 is 0 Å². The van der Waals surface area contributed by atoms with Crippen LogP contribution >= 0.6 is 0 Å². The SMILES string of the molecule is C=CC(=O)OC.CO.CO. The quantitative estimate of drug-likeness (QED) is 0.393. The lowest BCUT2D eigenvalue weighted by Crippen LogP contribution is -1.91. The van der Waals surface area contributed by atoms with E-state index in [-0.39, 0.29) is 0 Å². The van der Waals surface area contributed by atoms with Gasteiger partial charge in [0.2, 0.25) is 0 Å². The topological polar surface area (TPSA) is 66.8 Å². The van der Waals surface area contributed by atoms with Crippen molar-refractivity contribution in [2.45, 2.75) is 0 Å². The highest BCUT2D eigenvalue weighted by atomic mass is 16.5. The van der Waals surface area contributed by atoms with E-state index in [2.05, 4.69) is 11.3 Å². The van der Waals surface area contributed by atoms with Crippen molar-refractivity contribution in [3.63, 3.8) is 0 Å². The number of carbonyl (C=O) groups is 1. The molecule has 0 saturated heterocycles. The molecule has 0 aliphatic carbocycles. The first-order valence-corrected chi connectivity index (χ1v) is 2.41. The maximum atomic E-state index is 9.84. The normalized spacial score (nSPS) is 5.30. The molecule has 0 aromatic rings. The van der Waals surface area contributed by atoms with Crippen molar-refractivity contribution in [2.24, 2.45) is 0 Å². The lowest BCUT2D eigenvalue weighted by molar-refractivity contribution is -0.134. The Morgan fingerprint density at radius 3 is 1.70 bits per heavy atom. The van der Waals surface area contributed by atoms with Gasteiger partial charge in [-0.2, -0.15) is 0 Å². The molecule has 0 rings (SSSR count). The molecule has 4 nitrogen and oxygen atoms in total. The van der Waals surface area contributed by atoms with E-state index in [1.54, 1.807) is 0 Å². The number of rotatable bonds is 1. The molecule has 0 aliphatic heterocycles. The van der Waals surface area contributed by atoms with Gasteiger partial charge in [0, 0.05) is 20.3 Å². The molecule has 2 N–H and O–H groups in total. The standard InChI is InChI=1S/C4H6O2.2CH4O/c1-3-4(5)6-2;2*1-2/h3H,1H2,2H3;2*2H,1H3. The van der Waals surface area contributed by atoms with Crippen molar-refractivity contribution in [3.8, 4) is 0 Å². The summed E-state index contributed by atoms with van der Waals surface area (Å²) in [7, 11) is 3.31. The van der Waals surface area contributed by atoms with Crippen LogP contribution in [0, 0.1) is 0 Å². The van der Waals surface area contributed by atoms with Gasteiger partial charge in [-0.05, 0) is 0 Å². The summed E-state index contributed by atoms with van der Waals surface area (Å²) in [6, 6.07) is 0. The fourth-order valence-electron chi connectivity index (χ4n) is 0.0833. The molecule has 0 aromatic carbocycles. The average Bonchev–Trinajstić information content (AvgIpc) is 2.10. The molecular weight excluding hydrogens is 136 g/mol. The highest BCUT2D eigenvalue weighted by molar-refractivity contribution is 5.80. The summed E-state index contributed by atoms with van der Waals surface area (Å²) in [5, 5.41) is 14.0. The Bertz CT molecular complexity index is 70.1. The summed E-state index contributed by atoms with van der Waals surface area (Å²) < 4.78 is 4.14. The molecule has 0 aromatic heterocycles. The Kier molecular flexibility index (Phi) is 38.9. The number of carbonyl (C=O) groups excluding carboxylic acids is 1. The monoisotopic (exact) mass is 150 g/mol. The molecule has 4 heteroatoms. The van der Waals surface area contributed by atoms with Crippen molar-refractivity contribution >= 4 is 5.97 Å². The van der Waals surface area contributed by atoms with E-state index in [0.717, 1.165) is 20.3 Å². The average molecular weight is 150 g/mol. The van der Waals surface area contributed by atoms with Crippen molar-refractivity contribution in [1.82, 2.24) is 0 Å². The van der Waals surface area contributed by atoms with Crippen LogP contribution < -0.4 is 0 Å². The van der Waals surface area contributed by atoms with Crippen LogP contribution in [0.1, 0.15) is 0 Å². The van der Waals surface area contributed by atoms with Gasteiger partial charge in [0.1, 0.15) is 0 Å². The minimum atomic E-state index is -0.394. The van der Waals surface area contributed by atoms with Crippen molar-refractivity contribution < 1.29 is 19.7 Å². The zero-order chi connectivity index (χ0) is 8.99. The summed E-state index contributed by atoms with van der Waals surface area (Å²) in [6.45, 7) is 3.16. The zero-order valence-corrected chi connectivity index (χ0v) is 6.50. The van der Waals surface area contributed by atoms with E-state index in [1.165, 1.54) is 7.11 Å². The first-order chi connectivity index (χ1) is 4.81. The number of methoxy groups -OCH3 is 1.